The molecule has 1 saturated heterocycles. The number of amides is 2. The fourth-order valence-electron chi connectivity index (χ4n) is 5.07. The summed E-state index contributed by atoms with van der Waals surface area (Å²) in [5, 5.41) is 2.04. The first-order valence-electron chi connectivity index (χ1n) is 12.7. The summed E-state index contributed by atoms with van der Waals surface area (Å²) in [6.45, 7) is 3.74. The van der Waals surface area contributed by atoms with Gasteiger partial charge in [-0.15, -0.1) is 11.3 Å². The number of rotatable bonds is 8. The zero-order valence-electron chi connectivity index (χ0n) is 20.9. The highest BCUT2D eigenvalue weighted by Gasteiger charge is 2.34. The summed E-state index contributed by atoms with van der Waals surface area (Å²) in [7, 11) is 0. The molecule has 3 aromatic rings. The van der Waals surface area contributed by atoms with Crippen LogP contribution in [-0.4, -0.2) is 60.6 Å². The first kappa shape index (κ1) is 25.4. The van der Waals surface area contributed by atoms with Crippen molar-refractivity contribution in [3.63, 3.8) is 0 Å². The number of carbonyl (C=O) groups excluding carboxylic acids is 2. The van der Waals surface area contributed by atoms with Crippen molar-refractivity contribution in [2.75, 3.05) is 32.8 Å². The van der Waals surface area contributed by atoms with Crippen molar-refractivity contribution in [1.29, 1.82) is 0 Å². The SMILES string of the molecule is Cc1ccccc1C(=O)N(CC(=O)N1CCc2sccc2C1COc1ccc(F)cc1)CC1CCCO1. The van der Waals surface area contributed by atoms with E-state index in [0.29, 0.717) is 31.0 Å². The Morgan fingerprint density at radius 2 is 1.97 bits per heavy atom. The number of hydrogen-bond donors (Lipinski definition) is 0. The molecule has 0 aliphatic carbocycles. The molecular weight excluding hydrogens is 491 g/mol. The van der Waals surface area contributed by atoms with Gasteiger partial charge in [0.2, 0.25) is 5.91 Å². The van der Waals surface area contributed by atoms with Crippen LogP contribution in [0.3, 0.4) is 0 Å². The molecule has 6 nitrogen and oxygen atoms in total. The van der Waals surface area contributed by atoms with Gasteiger partial charge in [-0.2, -0.15) is 0 Å². The lowest BCUT2D eigenvalue weighted by molar-refractivity contribution is -0.135. The van der Waals surface area contributed by atoms with Crippen LogP contribution in [0.1, 0.15) is 45.2 Å². The van der Waals surface area contributed by atoms with E-state index in [2.05, 4.69) is 0 Å². The molecule has 0 saturated carbocycles. The van der Waals surface area contributed by atoms with Crippen molar-refractivity contribution in [3.05, 3.63) is 87.4 Å². The Kier molecular flexibility index (Phi) is 7.86. The number of benzene rings is 2. The van der Waals surface area contributed by atoms with Crippen LogP contribution in [0.2, 0.25) is 0 Å². The zero-order valence-corrected chi connectivity index (χ0v) is 21.7. The predicted octanol–water partition coefficient (Wildman–Crippen LogP) is 5.02. The van der Waals surface area contributed by atoms with Gasteiger partial charge in [0.25, 0.3) is 5.91 Å². The molecule has 2 atom stereocenters. The monoisotopic (exact) mass is 522 g/mol. The smallest absolute Gasteiger partial charge is 0.254 e. The van der Waals surface area contributed by atoms with E-state index in [1.165, 1.54) is 17.0 Å². The Bertz CT molecular complexity index is 1240. The van der Waals surface area contributed by atoms with Crippen LogP contribution in [0.15, 0.2) is 60.0 Å². The van der Waals surface area contributed by atoms with E-state index in [1.807, 2.05) is 47.5 Å². The molecule has 0 N–H and O–H groups in total. The normalized spacial score (nSPS) is 18.9. The lowest BCUT2D eigenvalue weighted by Gasteiger charge is -2.37. The number of aryl methyl sites for hydroxylation is 1. The van der Waals surface area contributed by atoms with Gasteiger partial charge >= 0.3 is 0 Å². The van der Waals surface area contributed by atoms with Crippen LogP contribution in [0.25, 0.3) is 0 Å². The van der Waals surface area contributed by atoms with Gasteiger partial charge in [0.15, 0.2) is 0 Å². The van der Waals surface area contributed by atoms with Gasteiger partial charge in [0, 0.05) is 30.1 Å². The van der Waals surface area contributed by atoms with Gasteiger partial charge in [-0.1, -0.05) is 18.2 Å². The van der Waals surface area contributed by atoms with Gasteiger partial charge in [0.1, 0.15) is 24.7 Å². The molecule has 2 amide bonds. The van der Waals surface area contributed by atoms with Crippen molar-refractivity contribution >= 4 is 23.2 Å². The second kappa shape index (κ2) is 11.4. The summed E-state index contributed by atoms with van der Waals surface area (Å²) in [6, 6.07) is 15.1. The third-order valence-electron chi connectivity index (χ3n) is 7.07. The molecule has 2 aliphatic heterocycles. The number of ether oxygens (including phenoxy) is 2. The molecule has 1 aromatic heterocycles. The van der Waals surface area contributed by atoms with Gasteiger partial charge in [-0.05, 0) is 79.1 Å². The van der Waals surface area contributed by atoms with E-state index in [1.54, 1.807) is 28.4 Å². The largest absolute Gasteiger partial charge is 0.491 e. The van der Waals surface area contributed by atoms with Crippen LogP contribution < -0.4 is 4.74 Å². The maximum atomic E-state index is 13.8. The Labute approximate surface area is 220 Å². The molecule has 8 heteroatoms. The molecule has 0 radical (unpaired) electrons. The van der Waals surface area contributed by atoms with Crippen molar-refractivity contribution < 1.29 is 23.5 Å². The highest BCUT2D eigenvalue weighted by Crippen LogP contribution is 2.34. The Morgan fingerprint density at radius 3 is 2.73 bits per heavy atom. The minimum absolute atomic E-state index is 0.0282. The van der Waals surface area contributed by atoms with Crippen LogP contribution in [-0.2, 0) is 16.0 Å². The molecule has 2 aromatic carbocycles. The van der Waals surface area contributed by atoms with Crippen molar-refractivity contribution in [2.24, 2.45) is 0 Å². The first-order chi connectivity index (χ1) is 18.0. The molecule has 5 rings (SSSR count). The van der Waals surface area contributed by atoms with Crippen LogP contribution in [0, 0.1) is 12.7 Å². The molecule has 194 valence electrons. The van der Waals surface area contributed by atoms with E-state index < -0.39 is 0 Å². The summed E-state index contributed by atoms with van der Waals surface area (Å²) in [5.74, 6) is -0.0590. The number of hydrogen-bond acceptors (Lipinski definition) is 5. The summed E-state index contributed by atoms with van der Waals surface area (Å²) in [5.41, 5.74) is 2.55. The van der Waals surface area contributed by atoms with Crippen molar-refractivity contribution in [3.8, 4) is 5.75 Å². The maximum Gasteiger partial charge on any atom is 0.254 e. The van der Waals surface area contributed by atoms with E-state index in [0.717, 1.165) is 30.4 Å². The fraction of sp³-hybridized carbons (Fsp3) is 0.379. The average molecular weight is 523 g/mol. The Hall–Kier alpha value is -3.23. The third-order valence-corrected chi connectivity index (χ3v) is 8.07. The molecule has 1 fully saturated rings. The molecule has 0 bridgehead atoms. The van der Waals surface area contributed by atoms with Crippen molar-refractivity contribution in [1.82, 2.24) is 9.80 Å². The molecule has 2 unspecified atom stereocenters. The van der Waals surface area contributed by atoms with E-state index >= 15 is 0 Å². The highest BCUT2D eigenvalue weighted by atomic mass is 32.1. The summed E-state index contributed by atoms with van der Waals surface area (Å²) < 4.78 is 25.1. The maximum absolute atomic E-state index is 13.8. The summed E-state index contributed by atoms with van der Waals surface area (Å²) >= 11 is 1.68. The molecular formula is C29H31FN2O4S. The van der Waals surface area contributed by atoms with Crippen LogP contribution in [0.5, 0.6) is 5.75 Å². The number of nitrogens with zero attached hydrogens (tertiary/aromatic N) is 2. The lowest BCUT2D eigenvalue weighted by atomic mass is 10.00. The number of thiophene rings is 1. The summed E-state index contributed by atoms with van der Waals surface area (Å²) in [6.07, 6.45) is 2.54. The van der Waals surface area contributed by atoms with Crippen LogP contribution in [0.4, 0.5) is 4.39 Å². The third kappa shape index (κ3) is 5.86. The van der Waals surface area contributed by atoms with E-state index in [-0.39, 0.29) is 42.9 Å². The Balaban J connectivity index is 1.36. The molecule has 0 spiro atoms. The molecule has 2 aliphatic rings. The quantitative estimate of drug-likeness (QED) is 0.417. The standard InChI is InChI=1S/C29H31FN2O4S/c1-20-5-2-3-7-24(20)29(34)31(17-23-6-4-15-35-23)18-28(33)32-14-12-27-25(13-16-37-27)26(32)19-36-22-10-8-21(30)9-11-22/h2-3,5,7-11,13,16,23,26H,4,6,12,14-15,17-19H2,1H3. The highest BCUT2D eigenvalue weighted by molar-refractivity contribution is 7.10. The predicted molar refractivity (Wildman–Crippen MR) is 140 cm³/mol. The fourth-order valence-corrected chi connectivity index (χ4v) is 6.00. The summed E-state index contributed by atoms with van der Waals surface area (Å²) in [4.78, 5) is 32.1. The van der Waals surface area contributed by atoms with Gasteiger partial charge in [0.05, 0.1) is 12.1 Å². The second-order valence-corrected chi connectivity index (χ2v) is 10.6. The zero-order chi connectivity index (χ0) is 25.8. The topological polar surface area (TPSA) is 59.1 Å². The number of carbonyl (C=O) groups is 2. The number of halogens is 1. The number of fused-ring (bicyclic) bond motifs is 1. The van der Waals surface area contributed by atoms with E-state index in [4.69, 9.17) is 9.47 Å². The second-order valence-electron chi connectivity index (χ2n) is 9.55. The lowest BCUT2D eigenvalue weighted by Crippen LogP contribution is -2.49. The van der Waals surface area contributed by atoms with Crippen molar-refractivity contribution in [2.45, 2.75) is 38.3 Å². The minimum Gasteiger partial charge on any atom is -0.491 e. The van der Waals surface area contributed by atoms with Gasteiger partial charge in [-0.25, -0.2) is 4.39 Å². The molecule has 37 heavy (non-hydrogen) atoms. The molecule has 3 heterocycles. The first-order valence-corrected chi connectivity index (χ1v) is 13.6. The minimum atomic E-state index is -0.327. The Morgan fingerprint density at radius 1 is 1.16 bits per heavy atom. The average Bonchev–Trinajstić information content (AvgIpc) is 3.60. The van der Waals surface area contributed by atoms with Gasteiger partial charge < -0.3 is 19.3 Å². The van der Waals surface area contributed by atoms with Crippen LogP contribution >= 0.6 is 11.3 Å². The van der Waals surface area contributed by atoms with E-state index in [9.17, 15) is 14.0 Å². The van der Waals surface area contributed by atoms with Gasteiger partial charge in [-0.3, -0.25) is 9.59 Å².